The summed E-state index contributed by atoms with van der Waals surface area (Å²) in [6.07, 6.45) is 1.50. The lowest BCUT2D eigenvalue weighted by Crippen LogP contribution is -2.36. The number of amides is 1. The highest BCUT2D eigenvalue weighted by atomic mass is 16.3. The van der Waals surface area contributed by atoms with Crippen molar-refractivity contribution < 1.29 is 19.1 Å². The Morgan fingerprint density at radius 2 is 2.14 bits per heavy atom. The maximum atomic E-state index is 12.4. The molecular weight excluding hydrogens is 284 g/mol. The van der Waals surface area contributed by atoms with Gasteiger partial charge in [0.2, 0.25) is 0 Å². The Balaban J connectivity index is 2.41. The molecule has 1 aromatic rings. The van der Waals surface area contributed by atoms with Gasteiger partial charge in [0, 0.05) is 19.0 Å². The molecule has 0 fully saturated rings. The van der Waals surface area contributed by atoms with Gasteiger partial charge in [0.05, 0.1) is 11.8 Å². The lowest BCUT2D eigenvalue weighted by atomic mass is 9.94. The van der Waals surface area contributed by atoms with Crippen LogP contribution in [0.2, 0.25) is 0 Å². The van der Waals surface area contributed by atoms with Crippen molar-refractivity contribution in [2.75, 3.05) is 27.2 Å². The zero-order valence-electron chi connectivity index (χ0n) is 13.4. The van der Waals surface area contributed by atoms with E-state index in [1.807, 2.05) is 19.0 Å². The third kappa shape index (κ3) is 2.92. The maximum absolute atomic E-state index is 12.4. The fourth-order valence-electron chi connectivity index (χ4n) is 2.50. The Kier molecular flexibility index (Phi) is 4.71. The van der Waals surface area contributed by atoms with E-state index in [0.717, 1.165) is 0 Å². The Bertz CT molecular complexity index is 587. The number of rotatable bonds is 6. The summed E-state index contributed by atoms with van der Waals surface area (Å²) >= 11 is 0. The van der Waals surface area contributed by atoms with Gasteiger partial charge in [-0.3, -0.25) is 9.59 Å². The monoisotopic (exact) mass is 306 g/mol. The zero-order valence-corrected chi connectivity index (χ0v) is 13.4. The number of hydrogen-bond donors (Lipinski definition) is 1. The number of carbonyl (C=O) groups is 2. The molecule has 2 heterocycles. The van der Waals surface area contributed by atoms with Crippen molar-refractivity contribution in [1.29, 1.82) is 0 Å². The Hall–Kier alpha value is -2.08. The van der Waals surface area contributed by atoms with Gasteiger partial charge in [-0.15, -0.1) is 0 Å². The van der Waals surface area contributed by atoms with E-state index in [1.54, 1.807) is 26.0 Å². The van der Waals surface area contributed by atoms with Crippen molar-refractivity contribution in [3.8, 4) is 0 Å². The molecule has 1 aliphatic heterocycles. The molecule has 1 unspecified atom stereocenters. The van der Waals surface area contributed by atoms with Gasteiger partial charge >= 0.3 is 0 Å². The topological polar surface area (TPSA) is 74.0 Å². The first kappa shape index (κ1) is 16.3. The molecule has 1 N–H and O–H groups in total. The molecule has 0 bridgehead atoms. The summed E-state index contributed by atoms with van der Waals surface area (Å²) in [5, 5.41) is 10.2. The van der Waals surface area contributed by atoms with E-state index in [2.05, 4.69) is 0 Å². The van der Waals surface area contributed by atoms with Gasteiger partial charge in [-0.2, -0.15) is 0 Å². The molecule has 0 radical (unpaired) electrons. The fourth-order valence-corrected chi connectivity index (χ4v) is 2.50. The molecule has 6 nitrogen and oxygen atoms in total. The van der Waals surface area contributed by atoms with E-state index in [0.29, 0.717) is 18.8 Å². The summed E-state index contributed by atoms with van der Waals surface area (Å²) < 4.78 is 5.41. The summed E-state index contributed by atoms with van der Waals surface area (Å²) in [6.45, 7) is 4.51. The number of hydrogen-bond acceptors (Lipinski definition) is 5. The van der Waals surface area contributed by atoms with Crippen LogP contribution in [-0.2, 0) is 9.59 Å². The van der Waals surface area contributed by atoms with Crippen molar-refractivity contribution in [2.24, 2.45) is 5.92 Å². The second-order valence-corrected chi connectivity index (χ2v) is 6.00. The van der Waals surface area contributed by atoms with Crippen molar-refractivity contribution in [2.45, 2.75) is 19.9 Å². The first-order chi connectivity index (χ1) is 10.3. The van der Waals surface area contributed by atoms with Gasteiger partial charge in [-0.25, -0.2) is 0 Å². The predicted molar refractivity (Wildman–Crippen MR) is 81.2 cm³/mol. The summed E-state index contributed by atoms with van der Waals surface area (Å²) in [5.41, 5.74) is 0.133. The number of furan rings is 1. The summed E-state index contributed by atoms with van der Waals surface area (Å²) in [4.78, 5) is 28.2. The smallest absolute Gasteiger partial charge is 0.290 e. The van der Waals surface area contributed by atoms with E-state index in [-0.39, 0.29) is 17.3 Å². The van der Waals surface area contributed by atoms with Crippen molar-refractivity contribution in [1.82, 2.24) is 9.80 Å². The molecule has 0 aliphatic carbocycles. The van der Waals surface area contributed by atoms with Crippen LogP contribution in [0, 0.1) is 5.92 Å². The molecule has 22 heavy (non-hydrogen) atoms. The highest BCUT2D eigenvalue weighted by molar-refractivity contribution is 6.09. The molecule has 1 amide bonds. The van der Waals surface area contributed by atoms with Crippen LogP contribution in [0.3, 0.4) is 0 Å². The predicted octanol–water partition coefficient (Wildman–Crippen LogP) is 1.76. The molecule has 0 spiro atoms. The Morgan fingerprint density at radius 1 is 1.45 bits per heavy atom. The lowest BCUT2D eigenvalue weighted by molar-refractivity contribution is -0.129. The SMILES string of the molecule is CC(C)C(=O)C1=C(O)C(=O)N(CCN(C)C)C1c1ccco1. The number of carbonyl (C=O) groups excluding carboxylic acids is 2. The van der Waals surface area contributed by atoms with Gasteiger partial charge < -0.3 is 19.3 Å². The average molecular weight is 306 g/mol. The number of ketones is 1. The third-order valence-electron chi connectivity index (χ3n) is 3.69. The number of Topliss-reactive ketones (excluding diaryl/α,β-unsaturated/α-hetero) is 1. The van der Waals surface area contributed by atoms with Crippen molar-refractivity contribution >= 4 is 11.7 Å². The second kappa shape index (κ2) is 6.36. The molecule has 0 saturated heterocycles. The van der Waals surface area contributed by atoms with Crippen LogP contribution >= 0.6 is 0 Å². The van der Waals surface area contributed by atoms with Crippen LogP contribution in [0.15, 0.2) is 34.1 Å². The van der Waals surface area contributed by atoms with Crippen LogP contribution in [0.4, 0.5) is 0 Å². The zero-order chi connectivity index (χ0) is 16.4. The second-order valence-electron chi connectivity index (χ2n) is 6.00. The van der Waals surface area contributed by atoms with Gasteiger partial charge in [0.25, 0.3) is 5.91 Å². The van der Waals surface area contributed by atoms with E-state index in [9.17, 15) is 14.7 Å². The van der Waals surface area contributed by atoms with Gasteiger partial charge in [-0.1, -0.05) is 13.8 Å². The van der Waals surface area contributed by atoms with Gasteiger partial charge in [0.1, 0.15) is 11.8 Å². The van der Waals surface area contributed by atoms with Crippen LogP contribution in [0.25, 0.3) is 0 Å². The largest absolute Gasteiger partial charge is 0.503 e. The minimum absolute atomic E-state index is 0.133. The summed E-state index contributed by atoms with van der Waals surface area (Å²) in [5.74, 6) is -1.04. The quantitative estimate of drug-likeness (QED) is 0.867. The summed E-state index contributed by atoms with van der Waals surface area (Å²) in [7, 11) is 3.80. The highest BCUT2D eigenvalue weighted by Crippen LogP contribution is 2.38. The minimum Gasteiger partial charge on any atom is -0.503 e. The normalized spacial score (nSPS) is 18.9. The lowest BCUT2D eigenvalue weighted by Gasteiger charge is -2.26. The standard InChI is InChI=1S/C16H22N2O4/c1-10(2)14(19)12-13(11-6-5-9-22-11)18(8-7-17(3)4)16(21)15(12)20/h5-6,9-10,13,20H,7-8H2,1-4H3. The van der Waals surface area contributed by atoms with E-state index in [1.165, 1.54) is 11.2 Å². The molecule has 120 valence electrons. The number of aliphatic hydroxyl groups excluding tert-OH is 1. The molecule has 0 saturated carbocycles. The van der Waals surface area contributed by atoms with Crippen LogP contribution in [-0.4, -0.2) is 53.8 Å². The molecule has 1 atom stereocenters. The number of aliphatic hydroxyl groups is 1. The van der Waals surface area contributed by atoms with Gasteiger partial charge in [0.15, 0.2) is 11.5 Å². The fraction of sp³-hybridized carbons (Fsp3) is 0.500. The molecule has 2 rings (SSSR count). The first-order valence-electron chi connectivity index (χ1n) is 7.31. The third-order valence-corrected chi connectivity index (χ3v) is 3.69. The molecule has 1 aromatic heterocycles. The highest BCUT2D eigenvalue weighted by Gasteiger charge is 2.45. The van der Waals surface area contributed by atoms with Crippen molar-refractivity contribution in [3.63, 3.8) is 0 Å². The Morgan fingerprint density at radius 3 is 2.64 bits per heavy atom. The average Bonchev–Trinajstić information content (AvgIpc) is 3.04. The number of nitrogens with zero attached hydrogens (tertiary/aromatic N) is 2. The minimum atomic E-state index is -0.655. The first-order valence-corrected chi connectivity index (χ1v) is 7.31. The summed E-state index contributed by atoms with van der Waals surface area (Å²) in [6, 6.07) is 2.76. The van der Waals surface area contributed by atoms with Crippen molar-refractivity contribution in [3.05, 3.63) is 35.5 Å². The molecule has 1 aliphatic rings. The Labute approximate surface area is 130 Å². The van der Waals surface area contributed by atoms with Gasteiger partial charge in [-0.05, 0) is 26.2 Å². The number of likely N-dealkylation sites (N-methyl/N-ethyl adjacent to an activating group) is 1. The molecular formula is C16H22N2O4. The van der Waals surface area contributed by atoms with E-state index < -0.39 is 17.7 Å². The van der Waals surface area contributed by atoms with E-state index in [4.69, 9.17) is 4.42 Å². The van der Waals surface area contributed by atoms with E-state index >= 15 is 0 Å². The van der Waals surface area contributed by atoms with Crippen LogP contribution in [0.1, 0.15) is 25.6 Å². The van der Waals surface area contributed by atoms with Crippen LogP contribution < -0.4 is 0 Å². The molecule has 0 aromatic carbocycles. The maximum Gasteiger partial charge on any atom is 0.290 e. The van der Waals surface area contributed by atoms with Crippen LogP contribution in [0.5, 0.6) is 0 Å². The molecule has 6 heteroatoms.